The van der Waals surface area contributed by atoms with Gasteiger partial charge in [0.1, 0.15) is 0 Å². The standard InChI is InChI=1S/C22H23BrN2O/c1-15-20(22(24)26)16(2)25(14-6-9-17-7-4-3-5-8-17)21(15)18-10-12-19(23)13-11-18/h3-5,7-8,10-13H,6,9,14H2,1-2H3,(H2,24,26). The second kappa shape index (κ2) is 7.92. The normalized spacial score (nSPS) is 10.9. The smallest absolute Gasteiger partial charge is 0.250 e. The van der Waals surface area contributed by atoms with E-state index in [1.165, 1.54) is 5.56 Å². The number of aromatic nitrogens is 1. The summed E-state index contributed by atoms with van der Waals surface area (Å²) in [6.45, 7) is 4.82. The van der Waals surface area contributed by atoms with E-state index in [0.29, 0.717) is 5.56 Å². The molecule has 0 radical (unpaired) electrons. The molecule has 0 unspecified atom stereocenters. The molecule has 2 N–H and O–H groups in total. The first kappa shape index (κ1) is 18.5. The third kappa shape index (κ3) is 3.75. The number of benzene rings is 2. The van der Waals surface area contributed by atoms with Crippen LogP contribution in [0.2, 0.25) is 0 Å². The molecule has 4 heteroatoms. The topological polar surface area (TPSA) is 48.0 Å². The summed E-state index contributed by atoms with van der Waals surface area (Å²) < 4.78 is 3.27. The molecule has 26 heavy (non-hydrogen) atoms. The van der Waals surface area contributed by atoms with E-state index in [2.05, 4.69) is 56.9 Å². The van der Waals surface area contributed by atoms with E-state index in [1.807, 2.05) is 32.0 Å². The van der Waals surface area contributed by atoms with Crippen LogP contribution < -0.4 is 5.73 Å². The first-order chi connectivity index (χ1) is 12.5. The highest BCUT2D eigenvalue weighted by molar-refractivity contribution is 9.10. The molecule has 0 aliphatic heterocycles. The van der Waals surface area contributed by atoms with Crippen molar-refractivity contribution in [3.8, 4) is 11.3 Å². The molecule has 1 aromatic heterocycles. The molecule has 3 rings (SSSR count). The van der Waals surface area contributed by atoms with Crippen LogP contribution in [0.1, 0.15) is 33.6 Å². The lowest BCUT2D eigenvalue weighted by Gasteiger charge is -2.13. The summed E-state index contributed by atoms with van der Waals surface area (Å²) in [5, 5.41) is 0. The molecule has 134 valence electrons. The zero-order valence-corrected chi connectivity index (χ0v) is 16.7. The van der Waals surface area contributed by atoms with Crippen molar-refractivity contribution in [2.24, 2.45) is 5.73 Å². The van der Waals surface area contributed by atoms with E-state index in [4.69, 9.17) is 5.73 Å². The van der Waals surface area contributed by atoms with E-state index in [9.17, 15) is 4.79 Å². The fourth-order valence-electron chi connectivity index (χ4n) is 3.60. The van der Waals surface area contributed by atoms with Crippen molar-refractivity contribution < 1.29 is 4.79 Å². The molecule has 3 aromatic rings. The molecule has 0 saturated carbocycles. The SMILES string of the molecule is Cc1c(C(N)=O)c(C)n(CCCc2ccccc2)c1-c1ccc(Br)cc1. The second-order valence-electron chi connectivity index (χ2n) is 6.55. The Morgan fingerprint density at radius 1 is 1.04 bits per heavy atom. The van der Waals surface area contributed by atoms with Crippen molar-refractivity contribution in [3.05, 3.63) is 81.5 Å². The van der Waals surface area contributed by atoms with E-state index in [1.54, 1.807) is 0 Å². The van der Waals surface area contributed by atoms with Crippen LogP contribution in [0.3, 0.4) is 0 Å². The molecule has 0 saturated heterocycles. The minimum absolute atomic E-state index is 0.361. The molecule has 2 aromatic carbocycles. The number of rotatable bonds is 6. The summed E-state index contributed by atoms with van der Waals surface area (Å²) in [6.07, 6.45) is 2.00. The van der Waals surface area contributed by atoms with Crippen molar-refractivity contribution in [1.82, 2.24) is 4.57 Å². The Morgan fingerprint density at radius 2 is 1.69 bits per heavy atom. The summed E-state index contributed by atoms with van der Waals surface area (Å²) in [5.74, 6) is -0.361. The zero-order valence-electron chi connectivity index (χ0n) is 15.1. The molecular weight excluding hydrogens is 388 g/mol. The quantitative estimate of drug-likeness (QED) is 0.591. The van der Waals surface area contributed by atoms with E-state index in [-0.39, 0.29) is 5.91 Å². The van der Waals surface area contributed by atoms with Crippen molar-refractivity contribution in [1.29, 1.82) is 0 Å². The van der Waals surface area contributed by atoms with Gasteiger partial charge in [0, 0.05) is 16.7 Å². The second-order valence-corrected chi connectivity index (χ2v) is 7.46. The number of primary amides is 1. The fourth-order valence-corrected chi connectivity index (χ4v) is 3.87. The summed E-state index contributed by atoms with van der Waals surface area (Å²) in [7, 11) is 0. The van der Waals surface area contributed by atoms with Crippen LogP contribution in [-0.4, -0.2) is 10.5 Å². The van der Waals surface area contributed by atoms with Gasteiger partial charge in [-0.15, -0.1) is 0 Å². The lowest BCUT2D eigenvalue weighted by Crippen LogP contribution is -2.13. The molecule has 0 spiro atoms. The van der Waals surface area contributed by atoms with Gasteiger partial charge in [0.2, 0.25) is 0 Å². The summed E-state index contributed by atoms with van der Waals surface area (Å²) in [4.78, 5) is 12.0. The number of aryl methyl sites for hydroxylation is 1. The average molecular weight is 411 g/mol. The minimum atomic E-state index is -0.361. The highest BCUT2D eigenvalue weighted by Gasteiger charge is 2.21. The fraction of sp³-hybridized carbons (Fsp3) is 0.227. The van der Waals surface area contributed by atoms with Gasteiger partial charge in [0.25, 0.3) is 5.91 Å². The Labute approximate surface area is 163 Å². The lowest BCUT2D eigenvalue weighted by molar-refractivity contribution is 0.0999. The minimum Gasteiger partial charge on any atom is -0.366 e. The summed E-state index contributed by atoms with van der Waals surface area (Å²) in [5.41, 5.74) is 11.7. The summed E-state index contributed by atoms with van der Waals surface area (Å²) >= 11 is 3.48. The van der Waals surface area contributed by atoms with E-state index < -0.39 is 0 Å². The number of hydrogen-bond acceptors (Lipinski definition) is 1. The van der Waals surface area contributed by atoms with Crippen LogP contribution >= 0.6 is 15.9 Å². The maximum atomic E-state index is 12.0. The van der Waals surface area contributed by atoms with Gasteiger partial charge < -0.3 is 10.3 Å². The number of carbonyl (C=O) groups excluding carboxylic acids is 1. The van der Waals surface area contributed by atoms with Crippen molar-refractivity contribution in [3.63, 3.8) is 0 Å². The predicted molar refractivity (Wildman–Crippen MR) is 110 cm³/mol. The molecule has 0 atom stereocenters. The Balaban J connectivity index is 1.95. The average Bonchev–Trinajstić information content (AvgIpc) is 2.87. The first-order valence-electron chi connectivity index (χ1n) is 8.78. The number of halogens is 1. The monoisotopic (exact) mass is 410 g/mol. The van der Waals surface area contributed by atoms with Crippen LogP contribution in [0.25, 0.3) is 11.3 Å². The lowest BCUT2D eigenvalue weighted by atomic mass is 10.0. The van der Waals surface area contributed by atoms with Gasteiger partial charge in [-0.3, -0.25) is 4.79 Å². The molecule has 0 fully saturated rings. The highest BCUT2D eigenvalue weighted by Crippen LogP contribution is 2.32. The van der Waals surface area contributed by atoms with Crippen LogP contribution in [0.5, 0.6) is 0 Å². The molecule has 1 amide bonds. The Kier molecular flexibility index (Phi) is 5.62. The molecular formula is C22H23BrN2O. The summed E-state index contributed by atoms with van der Waals surface area (Å²) in [6, 6.07) is 18.7. The maximum Gasteiger partial charge on any atom is 0.250 e. The van der Waals surface area contributed by atoms with Gasteiger partial charge in [-0.05, 0) is 55.5 Å². The number of nitrogens with two attached hydrogens (primary N) is 1. The molecule has 0 bridgehead atoms. The molecule has 3 nitrogen and oxygen atoms in total. The van der Waals surface area contributed by atoms with Crippen LogP contribution in [-0.2, 0) is 13.0 Å². The predicted octanol–water partition coefficient (Wildman–Crippen LogP) is 5.27. The Bertz CT molecular complexity index is 912. The number of amides is 1. The van der Waals surface area contributed by atoms with Crippen LogP contribution in [0, 0.1) is 13.8 Å². The molecule has 0 aliphatic carbocycles. The van der Waals surface area contributed by atoms with E-state index in [0.717, 1.165) is 46.4 Å². The van der Waals surface area contributed by atoms with Crippen molar-refractivity contribution in [2.45, 2.75) is 33.2 Å². The molecule has 0 aliphatic rings. The molecule has 1 heterocycles. The number of carbonyl (C=O) groups is 1. The van der Waals surface area contributed by atoms with Crippen molar-refractivity contribution in [2.75, 3.05) is 0 Å². The highest BCUT2D eigenvalue weighted by atomic mass is 79.9. The van der Waals surface area contributed by atoms with E-state index >= 15 is 0 Å². The third-order valence-corrected chi connectivity index (χ3v) is 5.35. The largest absolute Gasteiger partial charge is 0.366 e. The van der Waals surface area contributed by atoms with Gasteiger partial charge >= 0.3 is 0 Å². The zero-order chi connectivity index (χ0) is 18.7. The van der Waals surface area contributed by atoms with Gasteiger partial charge in [0.05, 0.1) is 11.3 Å². The number of nitrogens with zero attached hydrogens (tertiary/aromatic N) is 1. The maximum absolute atomic E-state index is 12.0. The first-order valence-corrected chi connectivity index (χ1v) is 9.57. The van der Waals surface area contributed by atoms with Crippen LogP contribution in [0.4, 0.5) is 0 Å². The van der Waals surface area contributed by atoms with Crippen LogP contribution in [0.15, 0.2) is 59.1 Å². The third-order valence-electron chi connectivity index (χ3n) is 4.82. The van der Waals surface area contributed by atoms with Gasteiger partial charge in [-0.1, -0.05) is 58.4 Å². The number of hydrogen-bond donors (Lipinski definition) is 1. The Morgan fingerprint density at radius 3 is 2.31 bits per heavy atom. The van der Waals surface area contributed by atoms with Crippen molar-refractivity contribution >= 4 is 21.8 Å². The van der Waals surface area contributed by atoms with Gasteiger partial charge in [0.15, 0.2) is 0 Å². The van der Waals surface area contributed by atoms with Gasteiger partial charge in [-0.2, -0.15) is 0 Å². The Hall–Kier alpha value is -2.33. The van der Waals surface area contributed by atoms with Gasteiger partial charge in [-0.25, -0.2) is 0 Å².